The van der Waals surface area contributed by atoms with E-state index in [0.717, 1.165) is 41.3 Å². The largest absolute Gasteiger partial charge is 0.418 e. The first kappa shape index (κ1) is 25.9. The molecule has 0 amide bonds. The first-order chi connectivity index (χ1) is 16.4. The molecule has 2 aliphatic heterocycles. The molecule has 2 aliphatic rings. The van der Waals surface area contributed by atoms with Gasteiger partial charge >= 0.3 is 6.18 Å². The molecule has 0 saturated carbocycles. The van der Waals surface area contributed by atoms with Crippen LogP contribution in [-0.2, 0) is 21.0 Å². The number of hydrogen-bond acceptors (Lipinski definition) is 6. The van der Waals surface area contributed by atoms with Crippen LogP contribution in [0.5, 0.6) is 0 Å². The van der Waals surface area contributed by atoms with Crippen LogP contribution in [0.3, 0.4) is 0 Å². The summed E-state index contributed by atoms with van der Waals surface area (Å²) in [7, 11) is -3.84. The summed E-state index contributed by atoms with van der Waals surface area (Å²) in [5.74, 6) is -0.755. The molecule has 192 valence electrons. The van der Waals surface area contributed by atoms with Gasteiger partial charge in [0.25, 0.3) is 10.0 Å². The Labute approximate surface area is 206 Å². The van der Waals surface area contributed by atoms with Crippen LogP contribution in [0.2, 0.25) is 0 Å². The molecule has 12 heteroatoms. The van der Waals surface area contributed by atoms with Crippen molar-refractivity contribution < 1.29 is 30.8 Å². The van der Waals surface area contributed by atoms with Gasteiger partial charge in [0.15, 0.2) is 0 Å². The van der Waals surface area contributed by atoms with Gasteiger partial charge in [0, 0.05) is 50.4 Å². The van der Waals surface area contributed by atoms with Crippen LogP contribution >= 0.6 is 11.3 Å². The molecule has 35 heavy (non-hydrogen) atoms. The average Bonchev–Trinajstić information content (AvgIpc) is 3.29. The van der Waals surface area contributed by atoms with E-state index < -0.39 is 33.6 Å². The van der Waals surface area contributed by atoms with Crippen LogP contribution in [0.1, 0.15) is 32.3 Å². The normalized spacial score (nSPS) is 20.9. The third-order valence-electron chi connectivity index (χ3n) is 6.68. The summed E-state index contributed by atoms with van der Waals surface area (Å²) < 4.78 is 82.1. The van der Waals surface area contributed by atoms with Gasteiger partial charge in [0.05, 0.1) is 10.6 Å². The van der Waals surface area contributed by atoms with Crippen LogP contribution in [0.4, 0.5) is 28.3 Å². The third kappa shape index (κ3) is 5.34. The topological polar surface area (TPSA) is 60.9 Å². The van der Waals surface area contributed by atoms with Crippen LogP contribution in [-0.4, -0.2) is 57.3 Å². The number of hydrogen-bond donors (Lipinski definition) is 0. The Morgan fingerprint density at radius 2 is 1.71 bits per heavy atom. The third-order valence-corrected chi connectivity index (χ3v) is 10.3. The van der Waals surface area contributed by atoms with Gasteiger partial charge in [-0.05, 0) is 57.0 Å². The maximum Gasteiger partial charge on any atom is 0.418 e. The van der Waals surface area contributed by atoms with E-state index in [1.807, 2.05) is 0 Å². The Balaban J connectivity index is 1.48. The van der Waals surface area contributed by atoms with E-state index in [2.05, 4.69) is 4.90 Å². The van der Waals surface area contributed by atoms with E-state index in [1.165, 1.54) is 9.21 Å². The number of benzene rings is 1. The van der Waals surface area contributed by atoms with Gasteiger partial charge < -0.3 is 9.80 Å². The van der Waals surface area contributed by atoms with Gasteiger partial charge in [0.1, 0.15) is 15.8 Å². The van der Waals surface area contributed by atoms with Gasteiger partial charge in [-0.2, -0.15) is 17.5 Å². The second kappa shape index (κ2) is 9.70. The van der Waals surface area contributed by atoms with Gasteiger partial charge in [-0.3, -0.25) is 4.79 Å². The molecule has 0 radical (unpaired) electrons. The van der Waals surface area contributed by atoms with Crippen molar-refractivity contribution in [2.75, 3.05) is 42.5 Å². The van der Waals surface area contributed by atoms with Gasteiger partial charge in [0.2, 0.25) is 0 Å². The number of piperidine rings is 1. The van der Waals surface area contributed by atoms with E-state index in [9.17, 15) is 30.8 Å². The first-order valence-corrected chi connectivity index (χ1v) is 13.6. The number of piperazine rings is 1. The van der Waals surface area contributed by atoms with Crippen molar-refractivity contribution in [3.63, 3.8) is 0 Å². The van der Waals surface area contributed by atoms with Crippen LogP contribution in [0.25, 0.3) is 0 Å². The molecular weight excluding hydrogens is 506 g/mol. The number of carbonyl (C=O) groups is 1. The molecule has 1 aromatic heterocycles. The molecular formula is C23H27F4N3O3S2. The molecule has 0 spiro atoms. The zero-order chi connectivity index (χ0) is 25.5. The summed E-state index contributed by atoms with van der Waals surface area (Å²) >= 11 is 1.16. The van der Waals surface area contributed by atoms with E-state index in [1.54, 1.807) is 26.0 Å². The first-order valence-electron chi connectivity index (χ1n) is 11.4. The van der Waals surface area contributed by atoms with Crippen molar-refractivity contribution in [3.8, 4) is 0 Å². The lowest BCUT2D eigenvalue weighted by atomic mass is 9.93. The average molecular weight is 534 g/mol. The lowest BCUT2D eigenvalue weighted by Crippen LogP contribution is -2.54. The predicted molar refractivity (Wildman–Crippen MR) is 127 cm³/mol. The highest BCUT2D eigenvalue weighted by atomic mass is 32.2. The fourth-order valence-electron chi connectivity index (χ4n) is 4.77. The second-order valence-electron chi connectivity index (χ2n) is 9.03. The molecule has 1 aromatic carbocycles. The van der Waals surface area contributed by atoms with Crippen molar-refractivity contribution in [1.29, 1.82) is 0 Å². The molecule has 1 atom stereocenters. The number of rotatable bonds is 5. The number of Topliss-reactive ketones (excluding diaryl/α,β-unsaturated/α-hetero) is 1. The predicted octanol–water partition coefficient (Wildman–Crippen LogP) is 4.61. The zero-order valence-corrected chi connectivity index (χ0v) is 21.0. The standard InChI is InChI=1S/C23H27F4N3O3S2/c1-15-14-29(20-4-3-18(24)13-19(20)23(25,26)27)11-12-30(15)35(32,33)22-6-5-21(34-22)28-9-7-17(8-10-28)16(2)31/h3-6,13,15,17H,7-12,14H2,1-2H3/t15-/m1/s1. The van der Waals surface area contributed by atoms with Crippen molar-refractivity contribution in [2.45, 2.75) is 43.1 Å². The minimum Gasteiger partial charge on any atom is -0.368 e. The monoisotopic (exact) mass is 533 g/mol. The Morgan fingerprint density at radius 1 is 1.03 bits per heavy atom. The molecule has 4 rings (SSSR count). The number of halogens is 4. The summed E-state index contributed by atoms with van der Waals surface area (Å²) in [5.41, 5.74) is -1.23. The van der Waals surface area contributed by atoms with Gasteiger partial charge in [-0.15, -0.1) is 11.3 Å². The Morgan fingerprint density at radius 3 is 2.31 bits per heavy atom. The maximum atomic E-state index is 13.5. The Hall–Kier alpha value is -2.18. The number of alkyl halides is 3. The number of ketones is 1. The molecule has 0 N–H and O–H groups in total. The summed E-state index contributed by atoms with van der Waals surface area (Å²) in [6, 6.07) is 5.28. The highest BCUT2D eigenvalue weighted by molar-refractivity contribution is 7.91. The van der Waals surface area contributed by atoms with Crippen LogP contribution < -0.4 is 9.80 Å². The van der Waals surface area contributed by atoms with Crippen LogP contribution in [0.15, 0.2) is 34.5 Å². The molecule has 2 fully saturated rings. The van der Waals surface area contributed by atoms with Crippen molar-refractivity contribution >= 4 is 37.8 Å². The summed E-state index contributed by atoms with van der Waals surface area (Å²) in [6.07, 6.45) is -3.26. The van der Waals surface area contributed by atoms with Gasteiger partial charge in [-0.1, -0.05) is 0 Å². The fourth-order valence-corrected chi connectivity index (χ4v) is 7.86. The molecule has 0 bridgehead atoms. The number of thiophene rings is 1. The second-order valence-corrected chi connectivity index (χ2v) is 12.2. The summed E-state index contributed by atoms with van der Waals surface area (Å²) in [5, 5.41) is 0.818. The van der Waals surface area contributed by atoms with Gasteiger partial charge in [-0.25, -0.2) is 12.8 Å². The molecule has 6 nitrogen and oxygen atoms in total. The summed E-state index contributed by atoms with van der Waals surface area (Å²) in [4.78, 5) is 15.1. The lowest BCUT2D eigenvalue weighted by Gasteiger charge is -2.40. The fraction of sp³-hybridized carbons (Fsp3) is 0.522. The van der Waals surface area contributed by atoms with E-state index in [0.29, 0.717) is 19.2 Å². The minimum atomic E-state index is -4.73. The SMILES string of the molecule is CC(=O)C1CCN(c2ccc(S(=O)(=O)N3CCN(c4ccc(F)cc4C(F)(F)F)C[C@H]3C)s2)CC1. The molecule has 2 aromatic rings. The lowest BCUT2D eigenvalue weighted by molar-refractivity contribution is -0.137. The van der Waals surface area contributed by atoms with Crippen LogP contribution in [0, 0.1) is 11.7 Å². The van der Waals surface area contributed by atoms with Crippen molar-refractivity contribution in [2.24, 2.45) is 5.92 Å². The molecule has 0 unspecified atom stereocenters. The number of anilines is 2. The highest BCUT2D eigenvalue weighted by Crippen LogP contribution is 2.39. The van der Waals surface area contributed by atoms with Crippen molar-refractivity contribution in [1.82, 2.24) is 4.31 Å². The van der Waals surface area contributed by atoms with Crippen molar-refractivity contribution in [3.05, 3.63) is 41.7 Å². The number of sulfonamides is 1. The zero-order valence-electron chi connectivity index (χ0n) is 19.4. The Bertz CT molecular complexity index is 1190. The number of carbonyl (C=O) groups excluding carboxylic acids is 1. The quantitative estimate of drug-likeness (QED) is 0.526. The summed E-state index contributed by atoms with van der Waals surface area (Å²) in [6.45, 7) is 4.71. The number of nitrogens with zero attached hydrogens (tertiary/aromatic N) is 3. The smallest absolute Gasteiger partial charge is 0.368 e. The van der Waals surface area contributed by atoms with E-state index in [-0.39, 0.29) is 41.2 Å². The Kier molecular flexibility index (Phi) is 7.18. The maximum absolute atomic E-state index is 13.5. The molecule has 2 saturated heterocycles. The van der Waals surface area contributed by atoms with E-state index in [4.69, 9.17) is 0 Å². The minimum absolute atomic E-state index is 0.00934. The highest BCUT2D eigenvalue weighted by Gasteiger charge is 2.39. The molecule has 3 heterocycles. The van der Waals surface area contributed by atoms with E-state index >= 15 is 0 Å². The molecule has 0 aliphatic carbocycles.